The average Bonchev–Trinajstić information content (AvgIpc) is 2.62. The smallest absolute Gasteiger partial charge is 0.193 e. The van der Waals surface area contributed by atoms with Gasteiger partial charge in [-0.1, -0.05) is 31.2 Å². The summed E-state index contributed by atoms with van der Waals surface area (Å²) in [7, 11) is 3.07. The molecule has 0 saturated carbocycles. The van der Waals surface area contributed by atoms with Crippen LogP contribution in [0.2, 0.25) is 0 Å². The number of hydrogen-bond donors (Lipinski definition) is 0. The maximum Gasteiger partial charge on any atom is 0.193 e. The Balaban J connectivity index is 2.47. The summed E-state index contributed by atoms with van der Waals surface area (Å²) >= 11 is 0. The molecule has 2 rings (SSSR count). The van der Waals surface area contributed by atoms with Crippen molar-refractivity contribution in [1.29, 1.82) is 0 Å². The molecule has 0 spiro atoms. The molecule has 120 valence electrons. The first-order valence-corrected chi connectivity index (χ1v) is 7.47. The fourth-order valence-corrected chi connectivity index (χ4v) is 2.55. The standard InChI is InChI=1S/C19H20O4/c1-4-13(12-20)15-7-5-6-8-16(15)19(21)14-9-10-17(22-2)18(11-14)23-3/h5-13H,4H2,1-3H3. The van der Waals surface area contributed by atoms with Gasteiger partial charge in [0.15, 0.2) is 17.3 Å². The second-order valence-electron chi connectivity index (χ2n) is 5.14. The van der Waals surface area contributed by atoms with Crippen molar-refractivity contribution in [1.82, 2.24) is 0 Å². The molecule has 0 amide bonds. The number of ether oxygens (including phenoxy) is 2. The van der Waals surface area contributed by atoms with Crippen LogP contribution in [-0.2, 0) is 4.79 Å². The largest absolute Gasteiger partial charge is 0.493 e. The van der Waals surface area contributed by atoms with Gasteiger partial charge in [0, 0.05) is 17.0 Å². The number of ketones is 1. The van der Waals surface area contributed by atoms with Crippen LogP contribution in [0.5, 0.6) is 11.5 Å². The van der Waals surface area contributed by atoms with E-state index in [0.717, 1.165) is 11.8 Å². The second-order valence-corrected chi connectivity index (χ2v) is 5.14. The summed E-state index contributed by atoms with van der Waals surface area (Å²) in [6.45, 7) is 1.93. The Morgan fingerprint density at radius 1 is 1.09 bits per heavy atom. The highest BCUT2D eigenvalue weighted by Gasteiger charge is 2.19. The van der Waals surface area contributed by atoms with Crippen molar-refractivity contribution in [3.63, 3.8) is 0 Å². The zero-order chi connectivity index (χ0) is 16.8. The van der Waals surface area contributed by atoms with Crippen molar-refractivity contribution in [2.75, 3.05) is 14.2 Å². The van der Waals surface area contributed by atoms with E-state index in [1.54, 1.807) is 37.4 Å². The van der Waals surface area contributed by atoms with E-state index in [1.165, 1.54) is 7.11 Å². The van der Waals surface area contributed by atoms with Gasteiger partial charge in [-0.3, -0.25) is 4.79 Å². The lowest BCUT2D eigenvalue weighted by Crippen LogP contribution is -2.10. The van der Waals surface area contributed by atoms with Crippen LogP contribution in [-0.4, -0.2) is 26.3 Å². The number of methoxy groups -OCH3 is 2. The molecule has 0 N–H and O–H groups in total. The lowest BCUT2D eigenvalue weighted by molar-refractivity contribution is -0.109. The first-order chi connectivity index (χ1) is 11.2. The Hall–Kier alpha value is -2.62. The SMILES string of the molecule is CCC(C=O)c1ccccc1C(=O)c1ccc(OC)c(OC)c1. The van der Waals surface area contributed by atoms with E-state index in [4.69, 9.17) is 9.47 Å². The van der Waals surface area contributed by atoms with Crippen LogP contribution in [0, 0.1) is 0 Å². The van der Waals surface area contributed by atoms with Crippen molar-refractivity contribution in [3.8, 4) is 11.5 Å². The molecule has 23 heavy (non-hydrogen) atoms. The molecular formula is C19H20O4. The van der Waals surface area contributed by atoms with Crippen LogP contribution < -0.4 is 9.47 Å². The Bertz CT molecular complexity index is 706. The predicted octanol–water partition coefficient (Wildman–Crippen LogP) is 3.63. The molecule has 2 aromatic carbocycles. The summed E-state index contributed by atoms with van der Waals surface area (Å²) in [5.74, 6) is 0.645. The molecule has 0 bridgehead atoms. The van der Waals surface area contributed by atoms with Crippen molar-refractivity contribution >= 4 is 12.1 Å². The van der Waals surface area contributed by atoms with E-state index in [-0.39, 0.29) is 11.7 Å². The summed E-state index contributed by atoms with van der Waals surface area (Å²) < 4.78 is 10.4. The molecule has 0 aliphatic carbocycles. The van der Waals surface area contributed by atoms with Crippen LogP contribution in [0.25, 0.3) is 0 Å². The first kappa shape index (κ1) is 16.7. The third kappa shape index (κ3) is 3.42. The van der Waals surface area contributed by atoms with Gasteiger partial charge in [0.1, 0.15) is 6.29 Å². The summed E-state index contributed by atoms with van der Waals surface area (Å²) in [5.41, 5.74) is 1.79. The van der Waals surface area contributed by atoms with Crippen LogP contribution in [0.4, 0.5) is 0 Å². The minimum absolute atomic E-state index is 0.137. The van der Waals surface area contributed by atoms with Gasteiger partial charge in [-0.15, -0.1) is 0 Å². The molecule has 0 aliphatic rings. The number of benzene rings is 2. The molecule has 2 aromatic rings. The van der Waals surface area contributed by atoms with Gasteiger partial charge in [-0.05, 0) is 30.2 Å². The van der Waals surface area contributed by atoms with E-state index in [9.17, 15) is 9.59 Å². The maximum absolute atomic E-state index is 12.9. The molecule has 4 heteroatoms. The van der Waals surface area contributed by atoms with E-state index in [0.29, 0.717) is 29.0 Å². The third-order valence-electron chi connectivity index (χ3n) is 3.85. The van der Waals surface area contributed by atoms with Gasteiger partial charge in [0.25, 0.3) is 0 Å². The molecule has 0 fully saturated rings. The van der Waals surface area contributed by atoms with Crippen molar-refractivity contribution in [3.05, 3.63) is 59.2 Å². The monoisotopic (exact) mass is 312 g/mol. The van der Waals surface area contributed by atoms with E-state index >= 15 is 0 Å². The van der Waals surface area contributed by atoms with E-state index in [1.807, 2.05) is 19.1 Å². The molecule has 4 nitrogen and oxygen atoms in total. The summed E-state index contributed by atoms with van der Waals surface area (Å²) in [6, 6.07) is 12.3. The first-order valence-electron chi connectivity index (χ1n) is 7.47. The molecule has 0 heterocycles. The zero-order valence-electron chi connectivity index (χ0n) is 13.5. The van der Waals surface area contributed by atoms with Gasteiger partial charge in [-0.25, -0.2) is 0 Å². The lowest BCUT2D eigenvalue weighted by atomic mass is 9.89. The molecule has 0 aromatic heterocycles. The molecule has 0 aliphatic heterocycles. The fraction of sp³-hybridized carbons (Fsp3) is 0.263. The number of carbonyl (C=O) groups is 2. The predicted molar refractivity (Wildman–Crippen MR) is 88.5 cm³/mol. The highest BCUT2D eigenvalue weighted by Crippen LogP contribution is 2.30. The zero-order valence-corrected chi connectivity index (χ0v) is 13.5. The summed E-state index contributed by atoms with van der Waals surface area (Å²) in [6.07, 6.45) is 1.54. The molecule has 0 saturated heterocycles. The summed E-state index contributed by atoms with van der Waals surface area (Å²) in [5, 5.41) is 0. The molecule has 0 radical (unpaired) electrons. The van der Waals surface area contributed by atoms with E-state index in [2.05, 4.69) is 0 Å². The quantitative estimate of drug-likeness (QED) is 0.579. The van der Waals surface area contributed by atoms with Crippen LogP contribution in [0.1, 0.15) is 40.7 Å². The van der Waals surface area contributed by atoms with Gasteiger partial charge in [-0.2, -0.15) is 0 Å². The van der Waals surface area contributed by atoms with Gasteiger partial charge < -0.3 is 14.3 Å². The van der Waals surface area contributed by atoms with E-state index < -0.39 is 0 Å². The molecule has 1 unspecified atom stereocenters. The van der Waals surface area contributed by atoms with Gasteiger partial charge in [0.05, 0.1) is 14.2 Å². The number of carbonyl (C=O) groups excluding carboxylic acids is 2. The Kier molecular flexibility index (Phi) is 5.52. The van der Waals surface area contributed by atoms with Crippen molar-refractivity contribution in [2.24, 2.45) is 0 Å². The number of aldehydes is 1. The fourth-order valence-electron chi connectivity index (χ4n) is 2.55. The van der Waals surface area contributed by atoms with Crippen LogP contribution in [0.15, 0.2) is 42.5 Å². The second kappa shape index (κ2) is 7.58. The Morgan fingerprint density at radius 3 is 2.39 bits per heavy atom. The number of hydrogen-bond acceptors (Lipinski definition) is 4. The minimum Gasteiger partial charge on any atom is -0.493 e. The van der Waals surface area contributed by atoms with Gasteiger partial charge >= 0.3 is 0 Å². The highest BCUT2D eigenvalue weighted by atomic mass is 16.5. The maximum atomic E-state index is 12.9. The highest BCUT2D eigenvalue weighted by molar-refractivity contribution is 6.10. The average molecular weight is 312 g/mol. The molecular weight excluding hydrogens is 292 g/mol. The lowest BCUT2D eigenvalue weighted by Gasteiger charge is -2.14. The number of rotatable bonds is 7. The minimum atomic E-state index is -0.282. The summed E-state index contributed by atoms with van der Waals surface area (Å²) in [4.78, 5) is 24.1. The third-order valence-corrected chi connectivity index (χ3v) is 3.85. The van der Waals surface area contributed by atoms with Crippen LogP contribution in [0.3, 0.4) is 0 Å². The normalized spacial score (nSPS) is 11.6. The van der Waals surface area contributed by atoms with Crippen molar-refractivity contribution < 1.29 is 19.1 Å². The Labute approximate surface area is 136 Å². The van der Waals surface area contributed by atoms with Crippen LogP contribution >= 0.6 is 0 Å². The topological polar surface area (TPSA) is 52.6 Å². The van der Waals surface area contributed by atoms with Gasteiger partial charge in [0.2, 0.25) is 0 Å². The Morgan fingerprint density at radius 2 is 1.78 bits per heavy atom. The van der Waals surface area contributed by atoms with Crippen molar-refractivity contribution in [2.45, 2.75) is 19.3 Å². The molecule has 1 atom stereocenters.